The maximum atomic E-state index is 14.8. The Kier molecular flexibility index (Phi) is 4.08. The molecule has 0 aliphatic carbocycles. The van der Waals surface area contributed by atoms with Crippen LogP contribution >= 0.6 is 0 Å². The van der Waals surface area contributed by atoms with Gasteiger partial charge in [0.2, 0.25) is 0 Å². The van der Waals surface area contributed by atoms with E-state index in [1.54, 1.807) is 24.7 Å². The fourth-order valence-electron chi connectivity index (χ4n) is 4.38. The minimum atomic E-state index is -0.941. The number of piperidine rings is 1. The molecule has 2 fully saturated rings. The fraction of sp³-hybridized carbons (Fsp3) is 0.400. The fourth-order valence-corrected chi connectivity index (χ4v) is 4.38. The highest BCUT2D eigenvalue weighted by molar-refractivity contribution is 5.88. The number of phenols is 1. The third-order valence-corrected chi connectivity index (χ3v) is 5.96. The summed E-state index contributed by atoms with van der Waals surface area (Å²) < 4.78 is 14.8. The first-order valence-corrected chi connectivity index (χ1v) is 9.50. The predicted octanol–water partition coefficient (Wildman–Crippen LogP) is 2.46. The number of phenolic OH excluding ortho intramolecular Hbond substituents is 1. The van der Waals surface area contributed by atoms with Crippen LogP contribution in [-0.4, -0.2) is 56.6 Å². The van der Waals surface area contributed by atoms with Gasteiger partial charge in [-0.2, -0.15) is 0 Å². The summed E-state index contributed by atoms with van der Waals surface area (Å²) in [5, 5.41) is 23.9. The quantitative estimate of drug-likeness (QED) is 0.722. The van der Waals surface area contributed by atoms with Gasteiger partial charge in [0, 0.05) is 36.9 Å². The van der Waals surface area contributed by atoms with Crippen LogP contribution in [0.15, 0.2) is 36.8 Å². The van der Waals surface area contributed by atoms with Crippen LogP contribution in [-0.2, 0) is 0 Å². The highest BCUT2D eigenvalue weighted by Gasteiger charge is 2.43. The number of halogens is 1. The molecule has 0 amide bonds. The lowest BCUT2D eigenvalue weighted by Gasteiger charge is -2.38. The standard InChI is InChI=1S/C20H21FN6O/c1-27(16-8-13-2-3-15(24-13)19(16)21)18-10-23-20(26-25-18)14-6-11-4-5-22-9-12(11)7-17(14)28/h4-7,9-10,13,15-16,19,24,28H,2-3,8H2,1H3/t13-,15+,16-,19-/m0/s1. The van der Waals surface area contributed by atoms with Crippen molar-refractivity contribution in [2.24, 2.45) is 0 Å². The molecule has 8 heteroatoms. The van der Waals surface area contributed by atoms with Gasteiger partial charge in [0.05, 0.1) is 17.8 Å². The Balaban J connectivity index is 1.42. The number of benzene rings is 1. The molecule has 3 aromatic rings. The van der Waals surface area contributed by atoms with E-state index in [9.17, 15) is 9.50 Å². The predicted molar refractivity (Wildman–Crippen MR) is 104 cm³/mol. The summed E-state index contributed by atoms with van der Waals surface area (Å²) in [5.74, 6) is 0.930. The summed E-state index contributed by atoms with van der Waals surface area (Å²) in [6.45, 7) is 0. The number of nitrogens with one attached hydrogen (secondary N) is 1. The topological polar surface area (TPSA) is 87.1 Å². The molecule has 0 spiro atoms. The Morgan fingerprint density at radius 3 is 2.89 bits per heavy atom. The highest BCUT2D eigenvalue weighted by Crippen LogP contribution is 2.34. The van der Waals surface area contributed by atoms with Crippen molar-refractivity contribution in [3.05, 3.63) is 36.8 Å². The van der Waals surface area contributed by atoms with Crippen LogP contribution < -0.4 is 10.2 Å². The van der Waals surface area contributed by atoms with Gasteiger partial charge in [0.1, 0.15) is 11.9 Å². The average molecular weight is 380 g/mol. The molecule has 2 saturated heterocycles. The van der Waals surface area contributed by atoms with Gasteiger partial charge in [-0.05, 0) is 42.8 Å². The maximum Gasteiger partial charge on any atom is 0.185 e. The lowest BCUT2D eigenvalue weighted by molar-refractivity contribution is 0.176. The third kappa shape index (κ3) is 2.84. The zero-order valence-corrected chi connectivity index (χ0v) is 15.5. The van der Waals surface area contributed by atoms with E-state index in [1.807, 2.05) is 24.1 Å². The van der Waals surface area contributed by atoms with E-state index in [4.69, 9.17) is 0 Å². The second-order valence-corrected chi connectivity index (χ2v) is 7.64. The number of aromatic hydroxyl groups is 1. The molecule has 4 atom stereocenters. The number of alkyl halides is 1. The van der Waals surface area contributed by atoms with E-state index in [2.05, 4.69) is 25.5 Å². The molecular formula is C20H21FN6O. The van der Waals surface area contributed by atoms with Crippen molar-refractivity contribution in [1.82, 2.24) is 25.5 Å². The molecule has 7 nitrogen and oxygen atoms in total. The number of hydrogen-bond acceptors (Lipinski definition) is 7. The molecule has 2 aromatic heterocycles. The highest BCUT2D eigenvalue weighted by atomic mass is 19.1. The van der Waals surface area contributed by atoms with Crippen molar-refractivity contribution in [3.63, 3.8) is 0 Å². The number of nitrogens with zero attached hydrogens (tertiary/aromatic N) is 5. The molecular weight excluding hydrogens is 359 g/mol. The van der Waals surface area contributed by atoms with Crippen molar-refractivity contribution in [2.45, 2.75) is 43.6 Å². The molecule has 28 heavy (non-hydrogen) atoms. The normalized spacial score (nSPS) is 26.5. The molecule has 4 heterocycles. The van der Waals surface area contributed by atoms with Crippen LogP contribution in [0.25, 0.3) is 22.2 Å². The largest absolute Gasteiger partial charge is 0.507 e. The van der Waals surface area contributed by atoms with Crippen molar-refractivity contribution in [3.8, 4) is 17.1 Å². The Morgan fingerprint density at radius 2 is 2.07 bits per heavy atom. The SMILES string of the molecule is CN(c1cnc(-c2cc3ccncc3cc2O)nn1)[C@H]1C[C@@H]2CC[C@@H](N2)[C@@H]1F. The first kappa shape index (κ1) is 17.2. The summed E-state index contributed by atoms with van der Waals surface area (Å²) in [6, 6.07) is 5.38. The Morgan fingerprint density at radius 1 is 1.18 bits per heavy atom. The maximum absolute atomic E-state index is 14.8. The lowest BCUT2D eigenvalue weighted by Crippen LogP contribution is -2.55. The Labute approximate surface area is 161 Å². The molecule has 2 aliphatic rings. The van der Waals surface area contributed by atoms with Gasteiger partial charge >= 0.3 is 0 Å². The molecule has 0 radical (unpaired) electrons. The van der Waals surface area contributed by atoms with Crippen LogP contribution in [0.4, 0.5) is 10.2 Å². The van der Waals surface area contributed by atoms with E-state index in [1.165, 1.54) is 0 Å². The summed E-state index contributed by atoms with van der Waals surface area (Å²) in [7, 11) is 1.84. The Bertz CT molecular complexity index is 1010. The summed E-state index contributed by atoms with van der Waals surface area (Å²) in [6.07, 6.45) is 6.69. The van der Waals surface area contributed by atoms with Crippen molar-refractivity contribution in [2.75, 3.05) is 11.9 Å². The summed E-state index contributed by atoms with van der Waals surface area (Å²) in [4.78, 5) is 10.3. The van der Waals surface area contributed by atoms with Crippen LogP contribution in [0.5, 0.6) is 5.75 Å². The van der Waals surface area contributed by atoms with Gasteiger partial charge in [0.15, 0.2) is 11.6 Å². The van der Waals surface area contributed by atoms with Crippen LogP contribution in [0.3, 0.4) is 0 Å². The van der Waals surface area contributed by atoms with Crippen molar-refractivity contribution < 1.29 is 9.50 Å². The van der Waals surface area contributed by atoms with E-state index in [0.29, 0.717) is 23.2 Å². The summed E-state index contributed by atoms with van der Waals surface area (Å²) in [5.41, 5.74) is 0.503. The van der Waals surface area contributed by atoms with E-state index >= 15 is 0 Å². The van der Waals surface area contributed by atoms with Gasteiger partial charge < -0.3 is 15.3 Å². The number of aromatic nitrogens is 4. The lowest BCUT2D eigenvalue weighted by atomic mass is 9.96. The zero-order chi connectivity index (χ0) is 19.3. The molecule has 2 bridgehead atoms. The number of rotatable bonds is 3. The molecule has 0 saturated carbocycles. The smallest absolute Gasteiger partial charge is 0.185 e. The van der Waals surface area contributed by atoms with E-state index in [0.717, 1.165) is 30.0 Å². The second kappa shape index (κ2) is 6.63. The second-order valence-electron chi connectivity index (χ2n) is 7.64. The minimum Gasteiger partial charge on any atom is -0.507 e. The first-order chi connectivity index (χ1) is 13.6. The Hall–Kier alpha value is -2.87. The minimum absolute atomic E-state index is 0.0714. The number of pyridine rings is 1. The van der Waals surface area contributed by atoms with E-state index < -0.39 is 6.17 Å². The first-order valence-electron chi connectivity index (χ1n) is 9.50. The van der Waals surface area contributed by atoms with Gasteiger partial charge in [-0.25, -0.2) is 9.37 Å². The van der Waals surface area contributed by atoms with Crippen molar-refractivity contribution >= 4 is 16.6 Å². The number of fused-ring (bicyclic) bond motifs is 3. The summed E-state index contributed by atoms with van der Waals surface area (Å²) >= 11 is 0. The van der Waals surface area contributed by atoms with Gasteiger partial charge in [-0.15, -0.1) is 10.2 Å². The van der Waals surface area contributed by atoms with E-state index in [-0.39, 0.29) is 17.8 Å². The van der Waals surface area contributed by atoms with Crippen LogP contribution in [0.2, 0.25) is 0 Å². The molecule has 2 N–H and O–H groups in total. The molecule has 5 rings (SSSR count). The molecule has 1 aromatic carbocycles. The number of anilines is 1. The van der Waals surface area contributed by atoms with Crippen LogP contribution in [0, 0.1) is 0 Å². The average Bonchev–Trinajstić information content (AvgIpc) is 3.13. The molecule has 144 valence electrons. The van der Waals surface area contributed by atoms with Gasteiger partial charge in [0.25, 0.3) is 0 Å². The van der Waals surface area contributed by atoms with Crippen LogP contribution in [0.1, 0.15) is 19.3 Å². The zero-order valence-electron chi connectivity index (χ0n) is 15.5. The number of hydrogen-bond donors (Lipinski definition) is 2. The van der Waals surface area contributed by atoms with Crippen molar-refractivity contribution in [1.29, 1.82) is 0 Å². The molecule has 0 unspecified atom stereocenters. The van der Waals surface area contributed by atoms with Gasteiger partial charge in [-0.1, -0.05) is 0 Å². The molecule has 2 aliphatic heterocycles. The van der Waals surface area contributed by atoms with Gasteiger partial charge in [-0.3, -0.25) is 4.98 Å². The monoisotopic (exact) mass is 380 g/mol. The third-order valence-electron chi connectivity index (χ3n) is 5.96.